The monoisotopic (exact) mass is 371 g/mol. The Labute approximate surface area is 157 Å². The molecule has 3 heterocycles. The molecule has 0 aliphatic carbocycles. The standard InChI is InChI=1S/C18H25N7O2/c1-11-9-12(2)25-17(20-11)15(13(3)23-25)18(26)21-14(4)16-22-19-10-24(16)7-6-8-27-5/h9-10,14H,6-8H2,1-5H3,(H,21,26)/t14-/m0/s1. The van der Waals surface area contributed by atoms with E-state index < -0.39 is 0 Å². The van der Waals surface area contributed by atoms with Crippen LogP contribution in [0.1, 0.15) is 52.7 Å². The zero-order valence-electron chi connectivity index (χ0n) is 16.4. The van der Waals surface area contributed by atoms with E-state index in [0.717, 1.165) is 24.4 Å². The maximum absolute atomic E-state index is 13.0. The van der Waals surface area contributed by atoms with Crippen LogP contribution < -0.4 is 5.32 Å². The van der Waals surface area contributed by atoms with Gasteiger partial charge in [-0.3, -0.25) is 4.79 Å². The second kappa shape index (κ2) is 7.83. The van der Waals surface area contributed by atoms with E-state index in [0.29, 0.717) is 29.3 Å². The Morgan fingerprint density at radius 1 is 1.33 bits per heavy atom. The number of hydrogen-bond donors (Lipinski definition) is 1. The maximum atomic E-state index is 13.0. The van der Waals surface area contributed by atoms with Gasteiger partial charge in [0.1, 0.15) is 11.9 Å². The van der Waals surface area contributed by atoms with Gasteiger partial charge in [0, 0.05) is 31.6 Å². The molecule has 0 saturated carbocycles. The maximum Gasteiger partial charge on any atom is 0.257 e. The zero-order valence-corrected chi connectivity index (χ0v) is 16.4. The number of methoxy groups -OCH3 is 1. The summed E-state index contributed by atoms with van der Waals surface area (Å²) in [5.41, 5.74) is 3.48. The molecule has 3 rings (SSSR count). The summed E-state index contributed by atoms with van der Waals surface area (Å²) < 4.78 is 8.72. The summed E-state index contributed by atoms with van der Waals surface area (Å²) >= 11 is 0. The van der Waals surface area contributed by atoms with Gasteiger partial charge in [-0.1, -0.05) is 0 Å². The lowest BCUT2D eigenvalue weighted by Crippen LogP contribution is -2.29. The highest BCUT2D eigenvalue weighted by molar-refractivity contribution is 6.01. The molecule has 0 unspecified atom stereocenters. The van der Waals surface area contributed by atoms with Crippen LogP contribution in [0.2, 0.25) is 0 Å². The Morgan fingerprint density at radius 3 is 2.85 bits per heavy atom. The normalized spacial score (nSPS) is 12.5. The zero-order chi connectivity index (χ0) is 19.6. The van der Waals surface area contributed by atoms with Crippen molar-refractivity contribution >= 4 is 11.6 Å². The highest BCUT2D eigenvalue weighted by Crippen LogP contribution is 2.18. The molecule has 0 aliphatic rings. The van der Waals surface area contributed by atoms with Crippen LogP contribution in [0.15, 0.2) is 12.4 Å². The molecule has 9 nitrogen and oxygen atoms in total. The summed E-state index contributed by atoms with van der Waals surface area (Å²) in [6.45, 7) is 8.94. The van der Waals surface area contributed by atoms with Crippen LogP contribution in [0, 0.1) is 20.8 Å². The van der Waals surface area contributed by atoms with E-state index in [1.54, 1.807) is 18.0 Å². The number of carbonyl (C=O) groups excluding carboxylic acids is 1. The minimum absolute atomic E-state index is 0.223. The number of ether oxygens (including phenoxy) is 1. The van der Waals surface area contributed by atoms with Crippen LogP contribution in [-0.2, 0) is 11.3 Å². The number of hydrogen-bond acceptors (Lipinski definition) is 6. The van der Waals surface area contributed by atoms with Gasteiger partial charge in [-0.15, -0.1) is 10.2 Å². The molecule has 0 radical (unpaired) electrons. The van der Waals surface area contributed by atoms with Crippen LogP contribution in [0.3, 0.4) is 0 Å². The van der Waals surface area contributed by atoms with Crippen LogP contribution in [-0.4, -0.2) is 49.0 Å². The lowest BCUT2D eigenvalue weighted by molar-refractivity contribution is 0.0938. The van der Waals surface area contributed by atoms with E-state index in [1.165, 1.54) is 0 Å². The first-order valence-corrected chi connectivity index (χ1v) is 8.93. The highest BCUT2D eigenvalue weighted by atomic mass is 16.5. The first-order valence-electron chi connectivity index (χ1n) is 8.93. The van der Waals surface area contributed by atoms with Crippen LogP contribution >= 0.6 is 0 Å². The van der Waals surface area contributed by atoms with Crippen molar-refractivity contribution in [1.82, 2.24) is 34.7 Å². The number of nitrogens with zero attached hydrogens (tertiary/aromatic N) is 6. The van der Waals surface area contributed by atoms with Gasteiger partial charge in [-0.05, 0) is 40.2 Å². The van der Waals surface area contributed by atoms with Crippen LogP contribution in [0.25, 0.3) is 5.65 Å². The fraction of sp³-hybridized carbons (Fsp3) is 0.500. The average Bonchev–Trinajstić information content (AvgIpc) is 3.19. The third-order valence-corrected chi connectivity index (χ3v) is 4.43. The van der Waals surface area contributed by atoms with Crippen molar-refractivity contribution in [1.29, 1.82) is 0 Å². The van der Waals surface area contributed by atoms with Crippen molar-refractivity contribution in [2.45, 2.75) is 46.7 Å². The van der Waals surface area contributed by atoms with Gasteiger partial charge in [-0.25, -0.2) is 9.50 Å². The molecule has 1 amide bonds. The van der Waals surface area contributed by atoms with Gasteiger partial charge in [0.25, 0.3) is 5.91 Å². The van der Waals surface area contributed by atoms with E-state index >= 15 is 0 Å². The summed E-state index contributed by atoms with van der Waals surface area (Å²) in [6, 6.07) is 1.63. The van der Waals surface area contributed by atoms with Gasteiger partial charge in [0.05, 0.1) is 11.7 Å². The van der Waals surface area contributed by atoms with Gasteiger partial charge < -0.3 is 14.6 Å². The minimum Gasteiger partial charge on any atom is -0.385 e. The second-order valence-electron chi connectivity index (χ2n) is 6.66. The molecule has 0 aliphatic heterocycles. The van der Waals surface area contributed by atoms with Crippen molar-refractivity contribution in [2.24, 2.45) is 0 Å². The fourth-order valence-electron chi connectivity index (χ4n) is 3.18. The average molecular weight is 371 g/mol. The van der Waals surface area contributed by atoms with E-state index in [4.69, 9.17) is 4.74 Å². The molecule has 3 aromatic rings. The minimum atomic E-state index is -0.303. The Hall–Kier alpha value is -2.81. The summed E-state index contributed by atoms with van der Waals surface area (Å²) in [4.78, 5) is 17.5. The largest absolute Gasteiger partial charge is 0.385 e. The molecule has 1 atom stereocenters. The topological polar surface area (TPSA) is 99.2 Å². The molecule has 0 bridgehead atoms. The van der Waals surface area contributed by atoms with Crippen LogP contribution in [0.5, 0.6) is 0 Å². The van der Waals surface area contributed by atoms with E-state index in [2.05, 4.69) is 25.6 Å². The highest BCUT2D eigenvalue weighted by Gasteiger charge is 2.23. The summed E-state index contributed by atoms with van der Waals surface area (Å²) in [6.07, 6.45) is 2.51. The van der Waals surface area contributed by atoms with E-state index in [1.807, 2.05) is 38.3 Å². The molecule has 27 heavy (non-hydrogen) atoms. The number of fused-ring (bicyclic) bond motifs is 1. The van der Waals surface area contributed by atoms with E-state index in [9.17, 15) is 4.79 Å². The first-order chi connectivity index (χ1) is 12.9. The second-order valence-corrected chi connectivity index (χ2v) is 6.66. The van der Waals surface area contributed by atoms with Crippen molar-refractivity contribution < 1.29 is 9.53 Å². The smallest absolute Gasteiger partial charge is 0.257 e. The number of carbonyl (C=O) groups is 1. The van der Waals surface area contributed by atoms with Gasteiger partial charge in [0.2, 0.25) is 0 Å². The van der Waals surface area contributed by atoms with Crippen molar-refractivity contribution in [3.05, 3.63) is 40.9 Å². The molecule has 144 valence electrons. The third-order valence-electron chi connectivity index (χ3n) is 4.43. The SMILES string of the molecule is COCCCn1cnnc1[C@H](C)NC(=O)c1c(C)nn2c(C)cc(C)nc12. The molecule has 1 N–H and O–H groups in total. The third kappa shape index (κ3) is 3.82. The number of amides is 1. The molecule has 0 aromatic carbocycles. The molecular weight excluding hydrogens is 346 g/mol. The van der Waals surface area contributed by atoms with Gasteiger partial charge >= 0.3 is 0 Å². The first kappa shape index (κ1) is 19.0. The number of nitrogens with one attached hydrogen (secondary N) is 1. The number of aryl methyl sites for hydroxylation is 4. The van der Waals surface area contributed by atoms with E-state index in [-0.39, 0.29) is 11.9 Å². The fourth-order valence-corrected chi connectivity index (χ4v) is 3.18. The lowest BCUT2D eigenvalue weighted by atomic mass is 10.2. The molecule has 3 aromatic heterocycles. The number of aromatic nitrogens is 6. The molecular formula is C18H25N7O2. The van der Waals surface area contributed by atoms with Crippen molar-refractivity contribution in [3.63, 3.8) is 0 Å². The molecule has 0 saturated heterocycles. The summed E-state index contributed by atoms with van der Waals surface area (Å²) in [5, 5.41) is 15.6. The summed E-state index contributed by atoms with van der Waals surface area (Å²) in [5.74, 6) is 0.479. The quantitative estimate of drug-likeness (QED) is 0.636. The van der Waals surface area contributed by atoms with Gasteiger partial charge in [0.15, 0.2) is 11.5 Å². The number of rotatable bonds is 7. The Balaban J connectivity index is 1.83. The Morgan fingerprint density at radius 2 is 2.11 bits per heavy atom. The Kier molecular flexibility index (Phi) is 5.50. The van der Waals surface area contributed by atoms with Crippen LogP contribution in [0.4, 0.5) is 0 Å². The molecule has 9 heteroatoms. The molecule has 0 fully saturated rings. The summed E-state index contributed by atoms with van der Waals surface area (Å²) in [7, 11) is 1.67. The Bertz CT molecular complexity index is 960. The lowest BCUT2D eigenvalue weighted by Gasteiger charge is -2.14. The predicted octanol–water partition coefficient (Wildman–Crippen LogP) is 1.77. The molecule has 0 spiro atoms. The van der Waals surface area contributed by atoms with Crippen molar-refractivity contribution in [2.75, 3.05) is 13.7 Å². The van der Waals surface area contributed by atoms with Crippen molar-refractivity contribution in [3.8, 4) is 0 Å². The van der Waals surface area contributed by atoms with Gasteiger partial charge in [-0.2, -0.15) is 5.10 Å². The predicted molar refractivity (Wildman–Crippen MR) is 99.6 cm³/mol.